The Balaban J connectivity index is 1.94. The van der Waals surface area contributed by atoms with Gasteiger partial charge in [0.1, 0.15) is 24.1 Å². The molecule has 8 nitrogen and oxygen atoms in total. The van der Waals surface area contributed by atoms with Gasteiger partial charge in [0.2, 0.25) is 21.8 Å². The maximum atomic E-state index is 13.9. The number of sulfonamides is 1. The lowest BCUT2D eigenvalue weighted by Gasteiger charge is -2.33. The molecule has 0 aromatic heterocycles. The molecule has 3 aromatic carbocycles. The van der Waals surface area contributed by atoms with Gasteiger partial charge in [-0.15, -0.1) is 0 Å². The maximum Gasteiger partial charge on any atom is 0.244 e. The van der Waals surface area contributed by atoms with Gasteiger partial charge in [-0.25, -0.2) is 8.42 Å². The second-order valence-corrected chi connectivity index (χ2v) is 12.4. The Kier molecular flexibility index (Phi) is 11.5. The molecule has 0 heterocycles. The Bertz CT molecular complexity index is 1420. The van der Waals surface area contributed by atoms with E-state index in [4.69, 9.17) is 27.9 Å². The topological polar surface area (TPSA) is 96.0 Å². The fraction of sp³-hybridized carbons (Fsp3) is 0.333. The molecule has 0 saturated carbocycles. The van der Waals surface area contributed by atoms with Crippen LogP contribution in [0.3, 0.4) is 0 Å². The molecule has 0 aliphatic heterocycles. The van der Waals surface area contributed by atoms with E-state index < -0.39 is 28.5 Å². The van der Waals surface area contributed by atoms with Crippen LogP contribution in [0.25, 0.3) is 0 Å². The second-order valence-electron chi connectivity index (χ2n) is 9.64. The minimum atomic E-state index is -3.89. The van der Waals surface area contributed by atoms with Crippen LogP contribution in [0.2, 0.25) is 10.0 Å². The predicted molar refractivity (Wildman–Crippen MR) is 164 cm³/mol. The zero-order chi connectivity index (χ0) is 30.2. The van der Waals surface area contributed by atoms with Crippen molar-refractivity contribution in [3.63, 3.8) is 0 Å². The van der Waals surface area contributed by atoms with Crippen LogP contribution in [0, 0.1) is 0 Å². The van der Waals surface area contributed by atoms with E-state index in [-0.39, 0.29) is 24.2 Å². The van der Waals surface area contributed by atoms with Crippen molar-refractivity contribution >= 4 is 50.7 Å². The highest BCUT2D eigenvalue weighted by atomic mass is 35.5. The Morgan fingerprint density at radius 1 is 0.878 bits per heavy atom. The van der Waals surface area contributed by atoms with Gasteiger partial charge >= 0.3 is 0 Å². The van der Waals surface area contributed by atoms with E-state index in [0.717, 1.165) is 10.6 Å². The van der Waals surface area contributed by atoms with Crippen LogP contribution in [0.1, 0.15) is 39.2 Å². The average Bonchev–Trinajstić information content (AvgIpc) is 2.93. The van der Waals surface area contributed by atoms with E-state index in [9.17, 15) is 18.0 Å². The van der Waals surface area contributed by atoms with E-state index in [1.165, 1.54) is 4.90 Å². The summed E-state index contributed by atoms with van der Waals surface area (Å²) in [4.78, 5) is 28.5. The van der Waals surface area contributed by atoms with Crippen molar-refractivity contribution in [2.24, 2.45) is 0 Å². The molecule has 3 aromatic rings. The first-order chi connectivity index (χ1) is 19.4. The Labute approximate surface area is 252 Å². The van der Waals surface area contributed by atoms with E-state index in [1.807, 2.05) is 32.0 Å². The molecule has 0 unspecified atom stereocenters. The van der Waals surface area contributed by atoms with Crippen molar-refractivity contribution in [2.75, 3.05) is 17.1 Å². The lowest BCUT2D eigenvalue weighted by molar-refractivity contribution is -0.140. The third kappa shape index (κ3) is 8.86. The van der Waals surface area contributed by atoms with Gasteiger partial charge in [-0.3, -0.25) is 13.9 Å². The summed E-state index contributed by atoms with van der Waals surface area (Å²) in [6.45, 7) is 4.99. The second kappa shape index (κ2) is 14.6. The Morgan fingerprint density at radius 3 is 2.00 bits per heavy atom. The number of anilines is 1. The van der Waals surface area contributed by atoms with Crippen LogP contribution in [0.5, 0.6) is 11.5 Å². The van der Waals surface area contributed by atoms with Gasteiger partial charge in [0.15, 0.2) is 0 Å². The van der Waals surface area contributed by atoms with Crippen LogP contribution in [0.15, 0.2) is 72.8 Å². The van der Waals surface area contributed by atoms with E-state index >= 15 is 0 Å². The summed E-state index contributed by atoms with van der Waals surface area (Å²) >= 11 is 12.8. The molecule has 0 radical (unpaired) electrons. The van der Waals surface area contributed by atoms with Gasteiger partial charge in [-0.05, 0) is 68.3 Å². The molecule has 0 spiro atoms. The molecule has 3 rings (SSSR count). The number of para-hydroxylation sites is 1. The molecule has 0 saturated heterocycles. The first-order valence-corrected chi connectivity index (χ1v) is 15.9. The van der Waals surface area contributed by atoms with Crippen molar-refractivity contribution in [3.05, 3.63) is 88.4 Å². The molecule has 220 valence electrons. The fourth-order valence-corrected chi connectivity index (χ4v) is 5.50. The monoisotopic (exact) mass is 619 g/mol. The van der Waals surface area contributed by atoms with Gasteiger partial charge in [0.05, 0.1) is 11.9 Å². The number of carbonyl (C=O) groups is 2. The number of ether oxygens (including phenoxy) is 1. The maximum absolute atomic E-state index is 13.9. The van der Waals surface area contributed by atoms with Crippen molar-refractivity contribution < 1.29 is 22.7 Å². The summed E-state index contributed by atoms with van der Waals surface area (Å²) < 4.78 is 32.6. The largest absolute Gasteiger partial charge is 0.457 e. The molecular weight excluding hydrogens is 585 g/mol. The summed E-state index contributed by atoms with van der Waals surface area (Å²) in [5, 5.41) is 3.60. The fourth-order valence-electron chi connectivity index (χ4n) is 4.13. The van der Waals surface area contributed by atoms with Gasteiger partial charge in [0, 0.05) is 28.2 Å². The molecule has 2 amide bonds. The number of hydrogen-bond acceptors (Lipinski definition) is 5. The highest BCUT2D eigenvalue weighted by Gasteiger charge is 2.33. The van der Waals surface area contributed by atoms with Crippen molar-refractivity contribution in [1.29, 1.82) is 0 Å². The zero-order valence-corrected chi connectivity index (χ0v) is 25.8. The van der Waals surface area contributed by atoms with Gasteiger partial charge in [0.25, 0.3) is 0 Å². The summed E-state index contributed by atoms with van der Waals surface area (Å²) in [6.07, 6.45) is 2.02. The number of hydrogen-bond donors (Lipinski definition) is 1. The number of carbonyl (C=O) groups excluding carboxylic acids is 2. The third-order valence-electron chi connectivity index (χ3n) is 6.56. The zero-order valence-electron chi connectivity index (χ0n) is 23.5. The number of benzene rings is 3. The van der Waals surface area contributed by atoms with Crippen molar-refractivity contribution in [2.45, 2.75) is 52.2 Å². The lowest BCUT2D eigenvalue weighted by Crippen LogP contribution is -2.53. The molecule has 0 aliphatic carbocycles. The SMILES string of the molecule is CC[C@@H](C)NC(=O)[C@@H](CC)N(Cc1c(Cl)cccc1Cl)C(=O)CN(c1ccc(Oc2ccccc2)cc1)S(C)(=O)=O. The van der Waals surface area contributed by atoms with Crippen LogP contribution >= 0.6 is 23.2 Å². The predicted octanol–water partition coefficient (Wildman–Crippen LogP) is 6.27. The Hall–Kier alpha value is -3.27. The molecule has 2 atom stereocenters. The number of amides is 2. The molecule has 0 aliphatic rings. The van der Waals surface area contributed by atoms with Crippen LogP contribution < -0.4 is 14.4 Å². The highest BCUT2D eigenvalue weighted by Crippen LogP contribution is 2.29. The van der Waals surface area contributed by atoms with Crippen molar-refractivity contribution in [3.8, 4) is 11.5 Å². The minimum Gasteiger partial charge on any atom is -0.457 e. The quantitative estimate of drug-likeness (QED) is 0.243. The third-order valence-corrected chi connectivity index (χ3v) is 8.41. The average molecular weight is 621 g/mol. The normalized spacial score (nSPS) is 12.7. The Morgan fingerprint density at radius 2 is 1.46 bits per heavy atom. The smallest absolute Gasteiger partial charge is 0.244 e. The van der Waals surface area contributed by atoms with Gasteiger partial charge in [-0.2, -0.15) is 0 Å². The van der Waals surface area contributed by atoms with E-state index in [2.05, 4.69) is 5.32 Å². The lowest BCUT2D eigenvalue weighted by atomic mass is 10.1. The summed E-state index contributed by atoms with van der Waals surface area (Å²) in [7, 11) is -3.89. The minimum absolute atomic E-state index is 0.0781. The van der Waals surface area contributed by atoms with Crippen LogP contribution in [-0.4, -0.2) is 50.0 Å². The number of nitrogens with zero attached hydrogens (tertiary/aromatic N) is 2. The summed E-state index contributed by atoms with van der Waals surface area (Å²) in [5.74, 6) is 0.210. The van der Waals surface area contributed by atoms with Gasteiger partial charge < -0.3 is 15.0 Å². The first-order valence-electron chi connectivity index (χ1n) is 13.3. The summed E-state index contributed by atoms with van der Waals surface area (Å²) in [6, 6.07) is 19.5. The number of rotatable bonds is 13. The van der Waals surface area contributed by atoms with E-state index in [0.29, 0.717) is 39.9 Å². The number of nitrogens with one attached hydrogen (secondary N) is 1. The number of halogens is 2. The van der Waals surface area contributed by atoms with E-state index in [1.54, 1.807) is 61.5 Å². The molecule has 0 bridgehead atoms. The molecule has 0 fully saturated rings. The standard InChI is InChI=1S/C30H35Cl2N3O5S/c1-5-21(3)33-30(37)28(6-2)34(19-25-26(31)13-10-14-27(25)32)29(36)20-35(41(4,38)39)22-15-17-24(18-16-22)40-23-11-8-7-9-12-23/h7-18,21,28H,5-6,19-20H2,1-4H3,(H,33,37)/t21-,28-/m1/s1. The first kappa shape index (κ1) is 32.2. The molecular formula is C30H35Cl2N3O5S. The molecule has 11 heteroatoms. The van der Waals surface area contributed by atoms with Gasteiger partial charge in [-0.1, -0.05) is 61.3 Å². The summed E-state index contributed by atoms with van der Waals surface area (Å²) in [5.41, 5.74) is 0.737. The van der Waals surface area contributed by atoms with Crippen molar-refractivity contribution in [1.82, 2.24) is 10.2 Å². The van der Waals surface area contributed by atoms with Crippen LogP contribution in [-0.2, 0) is 26.2 Å². The highest BCUT2D eigenvalue weighted by molar-refractivity contribution is 7.92. The molecule has 41 heavy (non-hydrogen) atoms. The molecule has 1 N–H and O–H groups in total. The van der Waals surface area contributed by atoms with Crippen LogP contribution in [0.4, 0.5) is 5.69 Å².